The smallest absolute Gasteiger partial charge is 0.335 e. The third kappa shape index (κ3) is 6.49. The van der Waals surface area contributed by atoms with Crippen LogP contribution in [0.15, 0.2) is 24.3 Å². The van der Waals surface area contributed by atoms with E-state index in [0.717, 1.165) is 0 Å². The van der Waals surface area contributed by atoms with Crippen LogP contribution in [-0.2, 0) is 19.1 Å². The van der Waals surface area contributed by atoms with Gasteiger partial charge in [-0.15, -0.1) is 0 Å². The molecule has 0 aliphatic carbocycles. The van der Waals surface area contributed by atoms with Crippen molar-refractivity contribution < 1.29 is 29.3 Å². The van der Waals surface area contributed by atoms with Gasteiger partial charge in [-0.3, -0.25) is 0 Å². The molecule has 0 heterocycles. The fraction of sp³-hybridized carbons (Fsp3) is 0.455. The van der Waals surface area contributed by atoms with E-state index in [1.807, 2.05) is 0 Å². The van der Waals surface area contributed by atoms with Crippen molar-refractivity contribution in [1.82, 2.24) is 0 Å². The zero-order valence-electron chi connectivity index (χ0n) is 9.80. The highest BCUT2D eigenvalue weighted by atomic mass is 16.7. The molecule has 6 nitrogen and oxygen atoms in total. The van der Waals surface area contributed by atoms with Crippen molar-refractivity contribution in [3.63, 3.8) is 0 Å². The van der Waals surface area contributed by atoms with Crippen LogP contribution in [0.5, 0.6) is 0 Å². The van der Waals surface area contributed by atoms with E-state index in [-0.39, 0.29) is 11.1 Å². The van der Waals surface area contributed by atoms with Crippen LogP contribution in [0.4, 0.5) is 0 Å². The minimum atomic E-state index is -1.58. The van der Waals surface area contributed by atoms with Crippen molar-refractivity contribution in [2.45, 2.75) is 32.8 Å². The van der Waals surface area contributed by atoms with Gasteiger partial charge in [0.1, 0.15) is 0 Å². The van der Waals surface area contributed by atoms with Gasteiger partial charge >= 0.3 is 11.9 Å². The van der Waals surface area contributed by atoms with E-state index in [1.54, 1.807) is 0 Å². The molecule has 0 amide bonds. The highest BCUT2D eigenvalue weighted by Gasteiger charge is 2.19. The number of esters is 2. The Balaban J connectivity index is 4.08. The number of carbonyl (C=O) groups is 2. The Morgan fingerprint density at radius 1 is 1.00 bits per heavy atom. The summed E-state index contributed by atoms with van der Waals surface area (Å²) < 4.78 is 8.94. The maximum atomic E-state index is 11.0. The fourth-order valence-electron chi connectivity index (χ4n) is 0.717. The highest BCUT2D eigenvalue weighted by molar-refractivity contribution is 5.87. The molecule has 0 radical (unpaired) electrons. The maximum absolute atomic E-state index is 11.0. The summed E-state index contributed by atoms with van der Waals surface area (Å²) in [5.41, 5.74) is 0.218. The second kappa shape index (κ2) is 6.82. The molecule has 0 saturated carbocycles. The predicted molar refractivity (Wildman–Crippen MR) is 58.4 cm³/mol. The van der Waals surface area contributed by atoms with Gasteiger partial charge in [0, 0.05) is 11.1 Å². The van der Waals surface area contributed by atoms with Crippen molar-refractivity contribution >= 4 is 11.9 Å². The second-order valence-electron chi connectivity index (χ2n) is 3.52. The zero-order chi connectivity index (χ0) is 13.6. The summed E-state index contributed by atoms with van der Waals surface area (Å²) in [5, 5.41) is 18.5. The Morgan fingerprint density at radius 2 is 1.29 bits per heavy atom. The molecule has 0 aromatic heterocycles. The summed E-state index contributed by atoms with van der Waals surface area (Å²) in [7, 11) is 0. The van der Waals surface area contributed by atoms with Crippen LogP contribution in [0.25, 0.3) is 0 Å². The Labute approximate surface area is 99.1 Å². The third-order valence-electron chi connectivity index (χ3n) is 1.59. The molecule has 17 heavy (non-hydrogen) atoms. The van der Waals surface area contributed by atoms with Crippen molar-refractivity contribution in [2.24, 2.45) is 0 Å². The van der Waals surface area contributed by atoms with Gasteiger partial charge < -0.3 is 19.7 Å². The average molecular weight is 244 g/mol. The number of aliphatic hydroxyl groups is 2. The van der Waals surface area contributed by atoms with E-state index in [9.17, 15) is 19.8 Å². The van der Waals surface area contributed by atoms with E-state index in [4.69, 9.17) is 0 Å². The average Bonchev–Trinajstić information content (AvgIpc) is 2.16. The third-order valence-corrected chi connectivity index (χ3v) is 1.59. The Morgan fingerprint density at radius 3 is 1.53 bits per heavy atom. The lowest BCUT2D eigenvalue weighted by Gasteiger charge is -2.16. The number of carbonyl (C=O) groups excluding carboxylic acids is 2. The van der Waals surface area contributed by atoms with Crippen LogP contribution >= 0.6 is 0 Å². The van der Waals surface area contributed by atoms with Gasteiger partial charge in [-0.05, 0) is 13.8 Å². The molecular weight excluding hydrogens is 228 g/mol. The minimum Gasteiger partial charge on any atom is -0.432 e. The van der Waals surface area contributed by atoms with E-state index < -0.39 is 30.9 Å². The van der Waals surface area contributed by atoms with Crippen molar-refractivity contribution in [3.05, 3.63) is 24.3 Å². The summed E-state index contributed by atoms with van der Waals surface area (Å²) >= 11 is 0. The lowest BCUT2D eigenvalue weighted by molar-refractivity contribution is -0.189. The van der Waals surface area contributed by atoms with E-state index in [1.165, 1.54) is 13.8 Å². The van der Waals surface area contributed by atoms with Crippen molar-refractivity contribution in [1.29, 1.82) is 0 Å². The standard InChI is InChI=1S/C11H16O6/c1-6(2)10(14)16-8(12)5-9(13)17-11(15)7(3)4/h8-9,12-13H,1,3,5H2,2,4H3. The second-order valence-corrected chi connectivity index (χ2v) is 3.52. The number of aliphatic hydroxyl groups excluding tert-OH is 2. The van der Waals surface area contributed by atoms with Gasteiger partial charge in [-0.25, -0.2) is 9.59 Å². The lowest BCUT2D eigenvalue weighted by atomic mass is 10.3. The molecule has 2 atom stereocenters. The number of rotatable bonds is 6. The molecular formula is C11H16O6. The first kappa shape index (κ1) is 15.3. The highest BCUT2D eigenvalue weighted by Crippen LogP contribution is 2.06. The molecule has 2 N–H and O–H groups in total. The van der Waals surface area contributed by atoms with Gasteiger partial charge in [0.15, 0.2) is 0 Å². The summed E-state index contributed by atoms with van der Waals surface area (Å²) in [4.78, 5) is 22.0. The predicted octanol–water partition coefficient (Wildman–Crippen LogP) is 0.252. The molecule has 0 fully saturated rings. The largest absolute Gasteiger partial charge is 0.432 e. The van der Waals surface area contributed by atoms with Crippen LogP contribution in [0.3, 0.4) is 0 Å². The first-order valence-electron chi connectivity index (χ1n) is 4.83. The maximum Gasteiger partial charge on any atom is 0.335 e. The monoisotopic (exact) mass is 244 g/mol. The Kier molecular flexibility index (Phi) is 6.16. The van der Waals surface area contributed by atoms with Crippen LogP contribution in [0, 0.1) is 0 Å². The van der Waals surface area contributed by atoms with Crippen molar-refractivity contribution in [3.8, 4) is 0 Å². The normalized spacial score (nSPS) is 13.4. The number of ether oxygens (including phenoxy) is 2. The van der Waals surface area contributed by atoms with E-state index in [2.05, 4.69) is 22.6 Å². The topological polar surface area (TPSA) is 93.1 Å². The van der Waals surface area contributed by atoms with E-state index >= 15 is 0 Å². The Hall–Kier alpha value is -1.66. The zero-order valence-corrected chi connectivity index (χ0v) is 9.80. The van der Waals surface area contributed by atoms with Gasteiger partial charge in [0.25, 0.3) is 0 Å². The molecule has 96 valence electrons. The van der Waals surface area contributed by atoms with Crippen LogP contribution in [0.1, 0.15) is 20.3 Å². The van der Waals surface area contributed by atoms with Crippen LogP contribution in [0.2, 0.25) is 0 Å². The van der Waals surface area contributed by atoms with Crippen LogP contribution < -0.4 is 0 Å². The molecule has 0 spiro atoms. The van der Waals surface area contributed by atoms with Gasteiger partial charge in [-0.1, -0.05) is 13.2 Å². The van der Waals surface area contributed by atoms with Crippen molar-refractivity contribution in [2.75, 3.05) is 0 Å². The molecule has 2 unspecified atom stereocenters. The van der Waals surface area contributed by atoms with Gasteiger partial charge in [0.05, 0.1) is 6.42 Å². The fourth-order valence-corrected chi connectivity index (χ4v) is 0.717. The minimum absolute atomic E-state index is 0.109. The molecule has 0 aliphatic rings. The summed E-state index contributed by atoms with van der Waals surface area (Å²) in [6, 6.07) is 0. The van der Waals surface area contributed by atoms with Crippen LogP contribution in [-0.4, -0.2) is 34.7 Å². The summed E-state index contributed by atoms with van der Waals surface area (Å²) in [6.07, 6.45) is -3.60. The van der Waals surface area contributed by atoms with E-state index in [0.29, 0.717) is 0 Å². The molecule has 0 saturated heterocycles. The lowest BCUT2D eigenvalue weighted by Crippen LogP contribution is -2.27. The molecule has 0 bridgehead atoms. The molecule has 0 aromatic rings. The number of hydrogen-bond donors (Lipinski definition) is 2. The number of hydrogen-bond acceptors (Lipinski definition) is 6. The molecule has 6 heteroatoms. The van der Waals surface area contributed by atoms with Gasteiger partial charge in [-0.2, -0.15) is 0 Å². The summed E-state index contributed by atoms with van der Waals surface area (Å²) in [5.74, 6) is -1.59. The van der Waals surface area contributed by atoms with Gasteiger partial charge in [0.2, 0.25) is 12.6 Å². The Bertz CT molecular complexity index is 301. The first-order valence-corrected chi connectivity index (χ1v) is 4.83. The SMILES string of the molecule is C=C(C)C(=O)OC(O)CC(O)OC(=O)C(=C)C. The molecule has 0 aliphatic heterocycles. The molecule has 0 aromatic carbocycles. The quantitative estimate of drug-likeness (QED) is 0.395. The first-order chi connectivity index (χ1) is 7.73. The molecule has 0 rings (SSSR count). The summed E-state index contributed by atoms with van der Waals surface area (Å²) in [6.45, 7) is 9.45.